The van der Waals surface area contributed by atoms with E-state index < -0.39 is 39.0 Å². The molecule has 0 aliphatic carbocycles. The summed E-state index contributed by atoms with van der Waals surface area (Å²) < 4.78 is 79.3. The van der Waals surface area contributed by atoms with Crippen molar-refractivity contribution in [1.82, 2.24) is 0 Å². The molecule has 16 heavy (non-hydrogen) atoms. The van der Waals surface area contributed by atoms with E-state index in [0.29, 0.717) is 12.1 Å². The van der Waals surface area contributed by atoms with Crippen molar-refractivity contribution in [2.24, 2.45) is 0 Å². The van der Waals surface area contributed by atoms with Crippen molar-refractivity contribution in [3.63, 3.8) is 0 Å². The van der Waals surface area contributed by atoms with Gasteiger partial charge in [0.25, 0.3) is 0 Å². The van der Waals surface area contributed by atoms with E-state index in [0.717, 1.165) is 6.07 Å². The van der Waals surface area contributed by atoms with E-state index in [1.54, 1.807) is 0 Å². The Morgan fingerprint density at radius 1 is 1.19 bits per heavy atom. The van der Waals surface area contributed by atoms with Crippen molar-refractivity contribution in [3.8, 4) is 0 Å². The largest absolute Gasteiger partial charge is 0.373 e. The second-order valence-corrected chi connectivity index (χ2v) is 4.59. The summed E-state index contributed by atoms with van der Waals surface area (Å²) in [5, 5.41) is -4.43. The van der Waals surface area contributed by atoms with Crippen LogP contribution in [0.2, 0.25) is 0 Å². The molecule has 0 heterocycles. The molecule has 0 aromatic heterocycles. The minimum Gasteiger partial charge on any atom is -0.281 e. The molecule has 1 aromatic carbocycles. The maximum atomic E-state index is 12.8. The van der Waals surface area contributed by atoms with E-state index in [1.807, 2.05) is 0 Å². The van der Waals surface area contributed by atoms with Crippen molar-refractivity contribution in [2.45, 2.75) is 11.7 Å². The molecule has 0 bridgehead atoms. The van der Waals surface area contributed by atoms with Crippen LogP contribution in [0.25, 0.3) is 0 Å². The van der Waals surface area contributed by atoms with Crippen molar-refractivity contribution < 1.29 is 30.5 Å². The molecule has 0 atom stereocenters. The summed E-state index contributed by atoms with van der Waals surface area (Å²) >= 11 is 0. The summed E-state index contributed by atoms with van der Waals surface area (Å²) in [6.07, 6.45) is -1.43. The molecule has 0 amide bonds. The topological polar surface area (TPSA) is 54.4 Å². The Bertz CT molecular complexity index is 498. The van der Waals surface area contributed by atoms with Crippen LogP contribution in [0.4, 0.5) is 17.6 Å². The summed E-state index contributed by atoms with van der Waals surface area (Å²) in [7, 11) is -5.57. The van der Waals surface area contributed by atoms with Gasteiger partial charge in [-0.1, -0.05) is 6.07 Å². The van der Waals surface area contributed by atoms with E-state index in [9.17, 15) is 26.0 Å². The van der Waals surface area contributed by atoms with Gasteiger partial charge in [0.05, 0.1) is 6.42 Å². The zero-order chi connectivity index (χ0) is 12.6. The fourth-order valence-electron chi connectivity index (χ4n) is 0.978. The molecule has 0 spiro atoms. The van der Waals surface area contributed by atoms with Crippen molar-refractivity contribution >= 4 is 10.1 Å². The Balaban J connectivity index is 3.02. The molecule has 0 fully saturated rings. The highest BCUT2D eigenvalue weighted by Gasteiger charge is 2.43. The van der Waals surface area contributed by atoms with Gasteiger partial charge < -0.3 is 0 Å². The molecule has 1 rings (SSSR count). The van der Waals surface area contributed by atoms with Crippen LogP contribution >= 0.6 is 0 Å². The Morgan fingerprint density at radius 3 is 2.19 bits per heavy atom. The van der Waals surface area contributed by atoms with Gasteiger partial charge in [0.1, 0.15) is 0 Å². The quantitative estimate of drug-likeness (QED) is 0.666. The molecule has 90 valence electrons. The lowest BCUT2D eigenvalue weighted by atomic mass is 10.1. The van der Waals surface area contributed by atoms with Gasteiger partial charge in [0, 0.05) is 0 Å². The average molecular weight is 258 g/mol. The molecule has 0 saturated carbocycles. The number of hydrogen-bond acceptors (Lipinski definition) is 2. The highest BCUT2D eigenvalue weighted by Crippen LogP contribution is 2.26. The first-order chi connectivity index (χ1) is 7.13. The molecule has 0 aliphatic rings. The van der Waals surface area contributed by atoms with Gasteiger partial charge in [-0.2, -0.15) is 17.2 Å². The first-order valence-corrected chi connectivity index (χ1v) is 5.36. The Kier molecular flexibility index (Phi) is 3.25. The molecular weight excluding hydrogens is 252 g/mol. The van der Waals surface area contributed by atoms with Gasteiger partial charge in [-0.3, -0.25) is 4.55 Å². The van der Waals surface area contributed by atoms with Crippen LogP contribution in [0.1, 0.15) is 5.56 Å². The monoisotopic (exact) mass is 258 g/mol. The Morgan fingerprint density at radius 2 is 1.75 bits per heavy atom. The number of benzene rings is 1. The van der Waals surface area contributed by atoms with Gasteiger partial charge in [0.15, 0.2) is 11.6 Å². The summed E-state index contributed by atoms with van der Waals surface area (Å²) in [6.45, 7) is 0. The zero-order valence-electron chi connectivity index (χ0n) is 7.62. The Hall–Kier alpha value is -1.15. The van der Waals surface area contributed by atoms with Gasteiger partial charge in [-0.15, -0.1) is 0 Å². The normalized spacial score (nSPS) is 12.8. The molecule has 3 nitrogen and oxygen atoms in total. The predicted octanol–water partition coefficient (Wildman–Crippen LogP) is 1.99. The van der Waals surface area contributed by atoms with Crippen molar-refractivity contribution in [3.05, 3.63) is 35.4 Å². The fourth-order valence-corrected chi connectivity index (χ4v) is 1.33. The third-order valence-corrected chi connectivity index (χ3v) is 2.67. The average Bonchev–Trinajstić information content (AvgIpc) is 2.09. The van der Waals surface area contributed by atoms with Crippen LogP contribution in [0, 0.1) is 11.6 Å². The second-order valence-electron chi connectivity index (χ2n) is 3.04. The van der Waals surface area contributed by atoms with Gasteiger partial charge >= 0.3 is 15.4 Å². The number of alkyl halides is 2. The van der Waals surface area contributed by atoms with Crippen LogP contribution in [-0.2, 0) is 16.5 Å². The van der Waals surface area contributed by atoms with E-state index >= 15 is 0 Å². The lowest BCUT2D eigenvalue weighted by Gasteiger charge is -2.12. The van der Waals surface area contributed by atoms with E-state index in [-0.39, 0.29) is 0 Å². The molecule has 1 aromatic rings. The standard InChI is InChI=1S/C8H6F4O3S/c9-6-2-1-5(3-7(6)10)4-8(11,12)16(13,14)15/h1-3H,4H2,(H,13,14,15). The van der Waals surface area contributed by atoms with E-state index in [4.69, 9.17) is 4.55 Å². The maximum Gasteiger partial charge on any atom is 0.373 e. The molecule has 1 N–H and O–H groups in total. The van der Waals surface area contributed by atoms with Crippen molar-refractivity contribution in [1.29, 1.82) is 0 Å². The SMILES string of the molecule is O=S(=O)(O)C(F)(F)Cc1ccc(F)c(F)c1. The summed E-state index contributed by atoms with van der Waals surface area (Å²) in [5.74, 6) is -2.61. The second kappa shape index (κ2) is 4.02. The van der Waals surface area contributed by atoms with Crippen LogP contribution in [0.5, 0.6) is 0 Å². The third kappa shape index (κ3) is 2.70. The van der Waals surface area contributed by atoms with Crippen LogP contribution in [0.3, 0.4) is 0 Å². The van der Waals surface area contributed by atoms with E-state index in [1.165, 1.54) is 0 Å². The fraction of sp³-hybridized carbons (Fsp3) is 0.250. The highest BCUT2D eigenvalue weighted by molar-refractivity contribution is 7.86. The smallest absolute Gasteiger partial charge is 0.281 e. The first kappa shape index (κ1) is 12.9. The van der Waals surface area contributed by atoms with Crippen molar-refractivity contribution in [2.75, 3.05) is 0 Å². The lowest BCUT2D eigenvalue weighted by Crippen LogP contribution is -2.30. The number of rotatable bonds is 3. The van der Waals surface area contributed by atoms with E-state index in [2.05, 4.69) is 0 Å². The predicted molar refractivity (Wildman–Crippen MR) is 46.6 cm³/mol. The lowest BCUT2D eigenvalue weighted by molar-refractivity contribution is 0.0812. The number of halogens is 4. The maximum absolute atomic E-state index is 12.8. The summed E-state index contributed by atoms with van der Waals surface area (Å²) in [4.78, 5) is 0. The Labute approximate surface area is 88.5 Å². The van der Waals surface area contributed by atoms with Crippen LogP contribution in [-0.4, -0.2) is 18.2 Å². The highest BCUT2D eigenvalue weighted by atomic mass is 32.2. The molecule has 0 aliphatic heterocycles. The molecule has 0 unspecified atom stereocenters. The zero-order valence-corrected chi connectivity index (χ0v) is 8.44. The van der Waals surface area contributed by atoms with Gasteiger partial charge in [-0.05, 0) is 17.7 Å². The molecule has 0 saturated heterocycles. The first-order valence-electron chi connectivity index (χ1n) is 3.92. The molecule has 8 heteroatoms. The summed E-state index contributed by atoms with van der Waals surface area (Å²) in [5.41, 5.74) is -0.443. The number of hydrogen-bond donors (Lipinski definition) is 1. The summed E-state index contributed by atoms with van der Waals surface area (Å²) in [6, 6.07) is 1.83. The van der Waals surface area contributed by atoms with Crippen LogP contribution in [0.15, 0.2) is 18.2 Å². The molecule has 0 radical (unpaired) electrons. The van der Waals surface area contributed by atoms with Gasteiger partial charge in [0.2, 0.25) is 0 Å². The molecular formula is C8H6F4O3S. The van der Waals surface area contributed by atoms with Crippen LogP contribution < -0.4 is 0 Å². The minimum atomic E-state index is -5.57. The minimum absolute atomic E-state index is 0.439. The van der Waals surface area contributed by atoms with Gasteiger partial charge in [-0.25, -0.2) is 8.78 Å². The third-order valence-electron chi connectivity index (χ3n) is 1.77.